The summed E-state index contributed by atoms with van der Waals surface area (Å²) in [6, 6.07) is 14.0. The lowest BCUT2D eigenvalue weighted by atomic mass is 9.89. The first kappa shape index (κ1) is 35.9. The molecule has 0 unspecified atom stereocenters. The van der Waals surface area contributed by atoms with E-state index in [1.165, 1.54) is 79.5 Å². The Balaban J connectivity index is 1.06. The number of rotatable bonds is 10. The molecular formula is C40H52BrN8O2P. The van der Waals surface area contributed by atoms with Crippen LogP contribution in [0.25, 0.3) is 10.9 Å². The number of fused-ring (bicyclic) bond motifs is 1. The van der Waals surface area contributed by atoms with Gasteiger partial charge in [0.25, 0.3) is 0 Å². The highest BCUT2D eigenvalue weighted by molar-refractivity contribution is 9.10. The Kier molecular flexibility index (Phi) is 10.9. The standard InChI is InChI=1S/C40H52BrN8O2P/c1-47-17-19-48(20-18-47)28-11-15-49(16-12-28)36-23-30(26-13-21-51-22-14-26)35(24-37(36)50-2)45-40-42-25-31(41)39(46-40)44-34-10-9-33-29(38(34)52(3)4)7-8-32(43-33)27-5-6-27/h7-10,23-28H,5-6,11-22H2,1-4H3,(H2,42,44,45,46). The zero-order valence-corrected chi connectivity index (χ0v) is 33.5. The van der Waals surface area contributed by atoms with E-state index in [-0.39, 0.29) is 0 Å². The molecule has 52 heavy (non-hydrogen) atoms. The average molecular weight is 788 g/mol. The Morgan fingerprint density at radius 3 is 2.33 bits per heavy atom. The molecule has 8 rings (SSSR count). The van der Waals surface area contributed by atoms with Crippen molar-refractivity contribution in [3.05, 3.63) is 58.3 Å². The molecule has 0 atom stereocenters. The quantitative estimate of drug-likeness (QED) is 0.157. The Bertz CT molecular complexity index is 1890. The van der Waals surface area contributed by atoms with E-state index in [9.17, 15) is 0 Å². The van der Waals surface area contributed by atoms with Gasteiger partial charge in [0.1, 0.15) is 11.6 Å². The van der Waals surface area contributed by atoms with Gasteiger partial charge in [-0.25, -0.2) is 4.98 Å². The lowest BCUT2D eigenvalue weighted by Crippen LogP contribution is -2.52. The molecule has 10 nitrogen and oxygen atoms in total. The number of hydrogen-bond acceptors (Lipinski definition) is 10. The summed E-state index contributed by atoms with van der Waals surface area (Å²) in [5.74, 6) is 3.14. The van der Waals surface area contributed by atoms with E-state index >= 15 is 0 Å². The monoisotopic (exact) mass is 786 g/mol. The Labute approximate surface area is 318 Å². The molecular weight excluding hydrogens is 735 g/mol. The number of piperazine rings is 1. The van der Waals surface area contributed by atoms with Crippen LogP contribution in [0.1, 0.15) is 61.6 Å². The Hall–Kier alpha value is -3.08. The fraction of sp³-hybridized carbons (Fsp3) is 0.525. The number of benzene rings is 2. The van der Waals surface area contributed by atoms with Crippen LogP contribution in [0, 0.1) is 0 Å². The first-order valence-electron chi connectivity index (χ1n) is 19.0. The molecule has 2 N–H and O–H groups in total. The van der Waals surface area contributed by atoms with E-state index in [2.05, 4.69) is 98.0 Å². The molecule has 276 valence electrons. The van der Waals surface area contributed by atoms with Gasteiger partial charge in [0.2, 0.25) is 5.95 Å². The van der Waals surface area contributed by atoms with Gasteiger partial charge < -0.3 is 29.9 Å². The minimum Gasteiger partial charge on any atom is -0.495 e. The third kappa shape index (κ3) is 7.76. The number of anilines is 5. The van der Waals surface area contributed by atoms with Gasteiger partial charge in [0.15, 0.2) is 0 Å². The number of methoxy groups -OCH3 is 1. The predicted octanol–water partition coefficient (Wildman–Crippen LogP) is 7.64. The van der Waals surface area contributed by atoms with Crippen LogP contribution >= 0.6 is 23.9 Å². The number of pyridine rings is 1. The van der Waals surface area contributed by atoms with Gasteiger partial charge in [0, 0.05) is 104 Å². The molecule has 4 aliphatic rings. The second kappa shape index (κ2) is 15.7. The molecule has 3 saturated heterocycles. The minimum absolute atomic E-state index is 0.374. The summed E-state index contributed by atoms with van der Waals surface area (Å²) in [5, 5.41) is 9.82. The number of nitrogens with zero attached hydrogens (tertiary/aromatic N) is 6. The van der Waals surface area contributed by atoms with Crippen LogP contribution in [-0.4, -0.2) is 111 Å². The fourth-order valence-electron chi connectivity index (χ4n) is 8.27. The molecule has 0 amide bonds. The fourth-order valence-corrected chi connectivity index (χ4v) is 9.84. The second-order valence-corrected chi connectivity index (χ2v) is 18.2. The van der Waals surface area contributed by atoms with E-state index in [0.717, 1.165) is 72.1 Å². The van der Waals surface area contributed by atoms with Gasteiger partial charge in [-0.3, -0.25) is 9.88 Å². The van der Waals surface area contributed by atoms with Crippen molar-refractivity contribution < 1.29 is 9.47 Å². The molecule has 5 heterocycles. The van der Waals surface area contributed by atoms with E-state index in [1.54, 1.807) is 7.11 Å². The van der Waals surface area contributed by atoms with Crippen LogP contribution in [0.4, 0.5) is 28.8 Å². The molecule has 1 saturated carbocycles. The maximum atomic E-state index is 6.10. The van der Waals surface area contributed by atoms with Crippen molar-refractivity contribution in [2.45, 2.75) is 56.4 Å². The topological polar surface area (TPSA) is 90.9 Å². The molecule has 0 bridgehead atoms. The highest BCUT2D eigenvalue weighted by atomic mass is 79.9. The van der Waals surface area contributed by atoms with Gasteiger partial charge in [-0.15, -0.1) is 0 Å². The summed E-state index contributed by atoms with van der Waals surface area (Å²) in [5.41, 5.74) is 6.80. The predicted molar refractivity (Wildman–Crippen MR) is 219 cm³/mol. The van der Waals surface area contributed by atoms with E-state index in [4.69, 9.17) is 24.4 Å². The van der Waals surface area contributed by atoms with E-state index in [1.807, 2.05) is 6.20 Å². The molecule has 1 aliphatic carbocycles. The molecule has 0 radical (unpaired) electrons. The van der Waals surface area contributed by atoms with Crippen molar-refractivity contribution in [3.8, 4) is 5.75 Å². The second-order valence-electron chi connectivity index (χ2n) is 15.1. The Morgan fingerprint density at radius 2 is 1.62 bits per heavy atom. The minimum atomic E-state index is -0.422. The van der Waals surface area contributed by atoms with Crippen molar-refractivity contribution in [2.75, 3.05) is 95.5 Å². The average Bonchev–Trinajstić information content (AvgIpc) is 4.02. The van der Waals surface area contributed by atoms with Crippen LogP contribution in [0.15, 0.2) is 47.1 Å². The van der Waals surface area contributed by atoms with Crippen molar-refractivity contribution in [3.63, 3.8) is 0 Å². The van der Waals surface area contributed by atoms with Gasteiger partial charge in [-0.2, -0.15) is 4.98 Å². The summed E-state index contributed by atoms with van der Waals surface area (Å²) in [6.07, 6.45) is 8.65. The van der Waals surface area contributed by atoms with Crippen LogP contribution in [0.2, 0.25) is 0 Å². The van der Waals surface area contributed by atoms with Gasteiger partial charge in [0.05, 0.1) is 22.8 Å². The van der Waals surface area contributed by atoms with Gasteiger partial charge >= 0.3 is 0 Å². The van der Waals surface area contributed by atoms with Gasteiger partial charge in [-0.1, -0.05) is 14.0 Å². The van der Waals surface area contributed by atoms with Crippen molar-refractivity contribution in [1.82, 2.24) is 24.8 Å². The zero-order valence-electron chi connectivity index (χ0n) is 31.0. The zero-order chi connectivity index (χ0) is 35.8. The summed E-state index contributed by atoms with van der Waals surface area (Å²) in [7, 11) is 3.59. The maximum Gasteiger partial charge on any atom is 0.229 e. The Morgan fingerprint density at radius 1 is 0.846 bits per heavy atom. The van der Waals surface area contributed by atoms with E-state index in [0.29, 0.717) is 23.8 Å². The SMILES string of the molecule is COc1cc(Nc2ncc(Br)c(Nc3ccc4nc(C5CC5)ccc4c3P(C)C)n2)c(C2CCOCC2)cc1N1CCC(N2CCN(C)CC2)CC1. The number of aromatic nitrogens is 3. The summed E-state index contributed by atoms with van der Waals surface area (Å²) in [4.78, 5) is 22.5. The first-order chi connectivity index (χ1) is 25.3. The number of nitrogens with one attached hydrogen (secondary N) is 2. The molecule has 2 aromatic heterocycles. The van der Waals surface area contributed by atoms with Crippen LogP contribution < -0.4 is 25.6 Å². The van der Waals surface area contributed by atoms with Crippen LogP contribution in [-0.2, 0) is 4.74 Å². The lowest BCUT2D eigenvalue weighted by Gasteiger charge is -2.43. The number of hydrogen-bond donors (Lipinski definition) is 2. The molecule has 4 fully saturated rings. The normalized spacial score (nSPS) is 19.8. The third-order valence-corrected chi connectivity index (χ3v) is 13.4. The van der Waals surface area contributed by atoms with Crippen molar-refractivity contribution >= 4 is 68.9 Å². The molecule has 3 aliphatic heterocycles. The van der Waals surface area contributed by atoms with Crippen LogP contribution in [0.5, 0.6) is 5.75 Å². The van der Waals surface area contributed by atoms with Crippen LogP contribution in [0.3, 0.4) is 0 Å². The number of ether oxygens (including phenoxy) is 2. The summed E-state index contributed by atoms with van der Waals surface area (Å²) >= 11 is 3.74. The first-order valence-corrected chi connectivity index (χ1v) is 22.0. The van der Waals surface area contributed by atoms with Crippen molar-refractivity contribution in [2.24, 2.45) is 0 Å². The molecule has 12 heteroatoms. The number of piperidine rings is 1. The smallest absolute Gasteiger partial charge is 0.229 e. The van der Waals surface area contributed by atoms with E-state index < -0.39 is 7.92 Å². The summed E-state index contributed by atoms with van der Waals surface area (Å²) in [6.45, 7) is 12.9. The third-order valence-electron chi connectivity index (χ3n) is 11.4. The highest BCUT2D eigenvalue weighted by Crippen LogP contribution is 2.43. The highest BCUT2D eigenvalue weighted by Gasteiger charge is 2.30. The largest absolute Gasteiger partial charge is 0.495 e. The van der Waals surface area contributed by atoms with Gasteiger partial charge in [-0.05, 0) is 111 Å². The summed E-state index contributed by atoms with van der Waals surface area (Å²) < 4.78 is 12.7. The molecule has 2 aromatic carbocycles. The maximum absolute atomic E-state index is 6.10. The lowest BCUT2D eigenvalue weighted by molar-refractivity contribution is 0.0854. The number of halogens is 1. The molecule has 4 aromatic rings. The van der Waals surface area contributed by atoms with Crippen molar-refractivity contribution in [1.29, 1.82) is 0 Å². The number of likely N-dealkylation sites (N-methyl/N-ethyl adjacent to an activating group) is 1. The molecule has 0 spiro atoms.